The van der Waals surface area contributed by atoms with E-state index in [1.54, 1.807) is 0 Å². The third kappa shape index (κ3) is 5.32. The van der Waals surface area contributed by atoms with E-state index >= 15 is 0 Å². The van der Waals surface area contributed by atoms with Crippen molar-refractivity contribution in [1.29, 1.82) is 0 Å². The Morgan fingerprint density at radius 3 is 0.842 bits per heavy atom. The van der Waals surface area contributed by atoms with E-state index in [4.69, 9.17) is 0 Å². The van der Waals surface area contributed by atoms with Crippen molar-refractivity contribution >= 4 is 56.9 Å². The normalized spacial score (nSPS) is 10.3. The molecule has 0 aromatic heterocycles. The highest BCUT2D eigenvalue weighted by atomic mass is 16.6. The van der Waals surface area contributed by atoms with Crippen molar-refractivity contribution in [3.63, 3.8) is 0 Å². The van der Waals surface area contributed by atoms with Gasteiger partial charge in [-0.1, -0.05) is 0 Å². The van der Waals surface area contributed by atoms with E-state index in [9.17, 15) is 60.7 Å². The molecule has 0 radical (unpaired) electrons. The van der Waals surface area contributed by atoms with Crippen LogP contribution in [0.5, 0.6) is 0 Å². The zero-order valence-corrected chi connectivity index (χ0v) is 18.2. The highest BCUT2D eigenvalue weighted by Gasteiger charge is 2.32. The van der Waals surface area contributed by atoms with Gasteiger partial charge in [-0.25, -0.2) is 0 Å². The van der Waals surface area contributed by atoms with E-state index in [0.717, 1.165) is 0 Å². The van der Waals surface area contributed by atoms with Crippen molar-refractivity contribution < 1.29 is 29.5 Å². The molecule has 3 aromatic rings. The predicted molar refractivity (Wildman–Crippen MR) is 126 cm³/mol. The first kappa shape index (κ1) is 26.3. The Labute approximate surface area is 207 Å². The Morgan fingerprint density at radius 2 is 0.658 bits per heavy atom. The van der Waals surface area contributed by atoms with Crippen LogP contribution in [0.25, 0.3) is 0 Å². The Balaban J connectivity index is 2.02. The van der Waals surface area contributed by atoms with Gasteiger partial charge >= 0.3 is 22.7 Å². The van der Waals surface area contributed by atoms with Gasteiger partial charge in [0.05, 0.1) is 53.8 Å². The van der Waals surface area contributed by atoms with Crippen LogP contribution in [0.3, 0.4) is 0 Å². The number of hydrogen-bond donors (Lipinski definition) is 2. The lowest BCUT2D eigenvalue weighted by Gasteiger charge is -2.11. The SMILES string of the molecule is O=[N+]([O-])c1cc([N+](=O)[O-])c(Nc2ccc(Nc3c([N+](=O)[O-])cc([N+](=O)[O-])cc3[N+](=O)[O-])cc2)c([N+](=O)[O-])c1. The van der Waals surface area contributed by atoms with Gasteiger partial charge in [0, 0.05) is 11.4 Å². The molecule has 0 saturated carbocycles. The minimum Gasteiger partial charge on any atom is -0.344 e. The summed E-state index contributed by atoms with van der Waals surface area (Å²) in [5.74, 6) is 0. The largest absolute Gasteiger partial charge is 0.344 e. The predicted octanol–water partition coefficient (Wildman–Crippen LogP) is 4.62. The van der Waals surface area contributed by atoms with E-state index in [0.29, 0.717) is 24.3 Å². The lowest BCUT2D eigenvalue weighted by atomic mass is 10.1. The number of hydrogen-bond acceptors (Lipinski definition) is 14. The number of anilines is 4. The second-order valence-electron chi connectivity index (χ2n) is 7.09. The average molecular weight is 530 g/mol. The van der Waals surface area contributed by atoms with Crippen LogP contribution in [0.15, 0.2) is 48.5 Å². The fourth-order valence-electron chi connectivity index (χ4n) is 3.16. The monoisotopic (exact) mass is 530 g/mol. The van der Waals surface area contributed by atoms with Gasteiger partial charge in [0.15, 0.2) is 11.4 Å². The van der Waals surface area contributed by atoms with Crippen molar-refractivity contribution in [1.82, 2.24) is 0 Å². The Morgan fingerprint density at radius 1 is 0.421 bits per heavy atom. The van der Waals surface area contributed by atoms with E-state index < -0.39 is 75.0 Å². The minimum absolute atomic E-state index is 0.0108. The fraction of sp³-hybridized carbons (Fsp3) is 0. The molecule has 38 heavy (non-hydrogen) atoms. The first-order valence-electron chi connectivity index (χ1n) is 9.66. The van der Waals surface area contributed by atoms with E-state index in [-0.39, 0.29) is 11.4 Å². The Hall–Kier alpha value is -6.34. The first-order valence-corrected chi connectivity index (χ1v) is 9.66. The van der Waals surface area contributed by atoms with E-state index in [2.05, 4.69) is 10.6 Å². The van der Waals surface area contributed by atoms with Crippen molar-refractivity contribution in [3.05, 3.63) is 109 Å². The van der Waals surface area contributed by atoms with Crippen LogP contribution in [-0.2, 0) is 0 Å². The summed E-state index contributed by atoms with van der Waals surface area (Å²) in [6.07, 6.45) is 0. The standard InChI is InChI=1S/C18H10N8O12/c27-21(28)11-5-13(23(31)32)17(14(6-11)24(33)34)19-9-1-2-10(4-3-9)20-18-15(25(35)36)7-12(22(29)30)8-16(18)26(37)38/h1-8,19-20H. The molecule has 20 heteroatoms. The molecule has 194 valence electrons. The zero-order valence-electron chi connectivity index (χ0n) is 18.2. The van der Waals surface area contributed by atoms with Crippen molar-refractivity contribution in [2.24, 2.45) is 0 Å². The molecule has 0 unspecified atom stereocenters. The lowest BCUT2D eigenvalue weighted by Crippen LogP contribution is -2.04. The molecule has 20 nitrogen and oxygen atoms in total. The molecule has 0 heterocycles. The van der Waals surface area contributed by atoms with E-state index in [1.165, 1.54) is 24.3 Å². The van der Waals surface area contributed by atoms with E-state index in [1.807, 2.05) is 0 Å². The lowest BCUT2D eigenvalue weighted by molar-refractivity contribution is -0.402. The maximum absolute atomic E-state index is 11.4. The maximum Gasteiger partial charge on any atom is 0.306 e. The van der Waals surface area contributed by atoms with Gasteiger partial charge in [0.1, 0.15) is 0 Å². The van der Waals surface area contributed by atoms with Crippen molar-refractivity contribution in [2.75, 3.05) is 10.6 Å². The molecule has 0 aliphatic heterocycles. The van der Waals surface area contributed by atoms with Crippen LogP contribution in [0.2, 0.25) is 0 Å². The highest BCUT2D eigenvalue weighted by molar-refractivity contribution is 5.83. The van der Waals surface area contributed by atoms with Crippen LogP contribution >= 0.6 is 0 Å². The third-order valence-electron chi connectivity index (χ3n) is 4.79. The molecular weight excluding hydrogens is 520 g/mol. The summed E-state index contributed by atoms with van der Waals surface area (Å²) in [6, 6.07) is 6.83. The van der Waals surface area contributed by atoms with Gasteiger partial charge in [-0.15, -0.1) is 0 Å². The third-order valence-corrected chi connectivity index (χ3v) is 4.79. The number of non-ortho nitro benzene ring substituents is 2. The number of nitro benzene ring substituents is 6. The van der Waals surface area contributed by atoms with Gasteiger partial charge in [-0.2, -0.15) is 0 Å². The first-order chi connectivity index (χ1) is 17.8. The van der Waals surface area contributed by atoms with Crippen LogP contribution in [0.4, 0.5) is 56.9 Å². The van der Waals surface area contributed by atoms with Gasteiger partial charge in [0.2, 0.25) is 0 Å². The molecule has 0 fully saturated rings. The molecule has 0 bridgehead atoms. The van der Waals surface area contributed by atoms with Gasteiger partial charge < -0.3 is 10.6 Å². The molecule has 2 N–H and O–H groups in total. The molecule has 0 atom stereocenters. The molecule has 0 saturated heterocycles. The quantitative estimate of drug-likeness (QED) is 0.267. The fourth-order valence-corrected chi connectivity index (χ4v) is 3.16. The number of nitrogens with zero attached hydrogens (tertiary/aromatic N) is 6. The van der Waals surface area contributed by atoms with Crippen LogP contribution < -0.4 is 10.6 Å². The summed E-state index contributed by atoms with van der Waals surface area (Å²) in [6.45, 7) is 0. The number of nitrogens with one attached hydrogen (secondary N) is 2. The van der Waals surface area contributed by atoms with Crippen molar-refractivity contribution in [3.8, 4) is 0 Å². The highest BCUT2D eigenvalue weighted by Crippen LogP contribution is 2.42. The van der Waals surface area contributed by atoms with Crippen LogP contribution in [-0.4, -0.2) is 29.5 Å². The van der Waals surface area contributed by atoms with Crippen LogP contribution in [0, 0.1) is 60.7 Å². The minimum atomic E-state index is -1.06. The number of benzene rings is 3. The molecule has 0 aliphatic rings. The summed E-state index contributed by atoms with van der Waals surface area (Å²) < 4.78 is 0. The van der Waals surface area contributed by atoms with Crippen molar-refractivity contribution in [2.45, 2.75) is 0 Å². The van der Waals surface area contributed by atoms with Crippen LogP contribution in [0.1, 0.15) is 0 Å². The van der Waals surface area contributed by atoms with Gasteiger partial charge in [-0.05, 0) is 24.3 Å². The number of rotatable bonds is 10. The van der Waals surface area contributed by atoms with Gasteiger partial charge in [-0.3, -0.25) is 60.7 Å². The molecule has 3 rings (SSSR count). The second-order valence-corrected chi connectivity index (χ2v) is 7.09. The summed E-state index contributed by atoms with van der Waals surface area (Å²) in [7, 11) is 0. The average Bonchev–Trinajstić information content (AvgIpc) is 2.84. The molecule has 0 spiro atoms. The molecule has 3 aromatic carbocycles. The topological polar surface area (TPSA) is 283 Å². The Bertz CT molecular complexity index is 1350. The maximum atomic E-state index is 11.4. The van der Waals surface area contributed by atoms with Gasteiger partial charge in [0.25, 0.3) is 11.4 Å². The molecule has 0 amide bonds. The summed E-state index contributed by atoms with van der Waals surface area (Å²) >= 11 is 0. The Kier molecular flexibility index (Phi) is 6.99. The smallest absolute Gasteiger partial charge is 0.306 e. The zero-order chi connectivity index (χ0) is 28.3. The molecule has 0 aliphatic carbocycles. The number of nitro groups is 6. The molecular formula is C18H10N8O12. The summed E-state index contributed by atoms with van der Waals surface area (Å²) in [5.41, 5.74) is -7.02. The summed E-state index contributed by atoms with van der Waals surface area (Å²) in [4.78, 5) is 61.3. The second kappa shape index (κ2) is 10.1. The summed E-state index contributed by atoms with van der Waals surface area (Å²) in [5, 5.41) is 72.5.